The molecule has 4 heteroatoms. The molecule has 0 amide bonds. The van der Waals surface area contributed by atoms with Crippen LogP contribution in [0.2, 0.25) is 0 Å². The van der Waals surface area contributed by atoms with Gasteiger partial charge in [0, 0.05) is 25.2 Å². The molecule has 0 saturated carbocycles. The number of nitrogens with zero attached hydrogens (tertiary/aromatic N) is 3. The third-order valence-electron chi connectivity index (χ3n) is 4.73. The topological polar surface area (TPSA) is 47.1 Å². The minimum atomic E-state index is 0.322. The second kappa shape index (κ2) is 5.63. The van der Waals surface area contributed by atoms with E-state index in [0.29, 0.717) is 6.04 Å². The van der Waals surface area contributed by atoms with Gasteiger partial charge in [-0.2, -0.15) is 0 Å². The van der Waals surface area contributed by atoms with Crippen LogP contribution in [0, 0.1) is 5.92 Å². The molecule has 0 spiro atoms. The van der Waals surface area contributed by atoms with Gasteiger partial charge in [-0.1, -0.05) is 6.92 Å². The Morgan fingerprint density at radius 2 is 2.11 bits per heavy atom. The van der Waals surface area contributed by atoms with Crippen molar-refractivity contribution in [3.63, 3.8) is 0 Å². The minimum Gasteiger partial charge on any atom is -0.333 e. The van der Waals surface area contributed by atoms with Crippen LogP contribution in [0.5, 0.6) is 0 Å². The first-order chi connectivity index (χ1) is 9.24. The fourth-order valence-electron chi connectivity index (χ4n) is 3.43. The Morgan fingerprint density at radius 3 is 2.84 bits per heavy atom. The number of hydrogen-bond donors (Lipinski definition) is 1. The fourth-order valence-corrected chi connectivity index (χ4v) is 3.43. The Morgan fingerprint density at radius 1 is 1.32 bits per heavy atom. The van der Waals surface area contributed by atoms with Crippen LogP contribution >= 0.6 is 0 Å². The van der Waals surface area contributed by atoms with E-state index < -0.39 is 0 Å². The van der Waals surface area contributed by atoms with Crippen molar-refractivity contribution in [1.82, 2.24) is 14.5 Å². The van der Waals surface area contributed by atoms with Crippen molar-refractivity contribution in [1.29, 1.82) is 0 Å². The van der Waals surface area contributed by atoms with Crippen molar-refractivity contribution in [3.05, 3.63) is 17.7 Å². The highest BCUT2D eigenvalue weighted by Gasteiger charge is 2.21. The van der Waals surface area contributed by atoms with E-state index in [1.807, 2.05) is 0 Å². The van der Waals surface area contributed by atoms with Gasteiger partial charge in [0.1, 0.15) is 5.82 Å². The molecule has 0 radical (unpaired) electrons. The average molecular weight is 262 g/mol. The monoisotopic (exact) mass is 262 g/mol. The summed E-state index contributed by atoms with van der Waals surface area (Å²) in [6.45, 7) is 6.94. The number of imidazole rings is 1. The molecular weight excluding hydrogens is 236 g/mol. The smallest absolute Gasteiger partial charge is 0.109 e. The number of aryl methyl sites for hydroxylation is 1. The van der Waals surface area contributed by atoms with Crippen LogP contribution in [0.4, 0.5) is 0 Å². The van der Waals surface area contributed by atoms with Crippen LogP contribution in [-0.2, 0) is 19.4 Å². The molecule has 1 atom stereocenters. The van der Waals surface area contributed by atoms with Gasteiger partial charge in [0.2, 0.25) is 0 Å². The molecule has 0 aliphatic carbocycles. The molecule has 1 unspecified atom stereocenters. The van der Waals surface area contributed by atoms with Crippen molar-refractivity contribution in [3.8, 4) is 0 Å². The zero-order valence-electron chi connectivity index (χ0n) is 12.0. The summed E-state index contributed by atoms with van der Waals surface area (Å²) in [5.74, 6) is 2.08. The summed E-state index contributed by atoms with van der Waals surface area (Å²) in [6, 6.07) is 0.322. The Hall–Kier alpha value is -0.870. The highest BCUT2D eigenvalue weighted by atomic mass is 15.1. The summed E-state index contributed by atoms with van der Waals surface area (Å²) in [6.07, 6.45) is 8.21. The van der Waals surface area contributed by atoms with E-state index >= 15 is 0 Å². The van der Waals surface area contributed by atoms with Gasteiger partial charge in [0.05, 0.1) is 5.69 Å². The van der Waals surface area contributed by atoms with Crippen LogP contribution in [0.25, 0.3) is 0 Å². The first-order valence-electron chi connectivity index (χ1n) is 7.77. The van der Waals surface area contributed by atoms with Gasteiger partial charge >= 0.3 is 0 Å². The van der Waals surface area contributed by atoms with Crippen molar-refractivity contribution >= 4 is 0 Å². The number of hydrogen-bond acceptors (Lipinski definition) is 3. The van der Waals surface area contributed by atoms with Crippen LogP contribution in [0.3, 0.4) is 0 Å². The third kappa shape index (κ3) is 3.00. The second-order valence-corrected chi connectivity index (χ2v) is 6.18. The molecule has 2 aliphatic rings. The van der Waals surface area contributed by atoms with Gasteiger partial charge in [-0.25, -0.2) is 4.98 Å². The van der Waals surface area contributed by atoms with E-state index in [1.165, 1.54) is 44.0 Å². The third-order valence-corrected chi connectivity index (χ3v) is 4.73. The zero-order valence-corrected chi connectivity index (χ0v) is 12.0. The molecule has 1 aromatic heterocycles. The summed E-state index contributed by atoms with van der Waals surface area (Å²) in [7, 11) is 0. The number of rotatable bonds is 3. The molecule has 1 fully saturated rings. The predicted molar refractivity (Wildman–Crippen MR) is 77.1 cm³/mol. The molecule has 1 saturated heterocycles. The van der Waals surface area contributed by atoms with Gasteiger partial charge in [-0.05, 0) is 51.2 Å². The quantitative estimate of drug-likeness (QED) is 0.896. The van der Waals surface area contributed by atoms with Gasteiger partial charge < -0.3 is 15.2 Å². The number of likely N-dealkylation sites (tertiary alicyclic amines) is 1. The highest BCUT2D eigenvalue weighted by molar-refractivity contribution is 5.08. The van der Waals surface area contributed by atoms with Crippen molar-refractivity contribution in [2.24, 2.45) is 11.7 Å². The number of nitrogens with two attached hydrogens (primary N) is 1. The number of fused-ring (bicyclic) bond motifs is 1. The maximum absolute atomic E-state index is 6.02. The largest absolute Gasteiger partial charge is 0.333 e. The van der Waals surface area contributed by atoms with Crippen LogP contribution < -0.4 is 5.73 Å². The lowest BCUT2D eigenvalue weighted by Gasteiger charge is -2.30. The van der Waals surface area contributed by atoms with Crippen LogP contribution in [0.15, 0.2) is 6.20 Å². The Kier molecular flexibility index (Phi) is 3.89. The van der Waals surface area contributed by atoms with E-state index in [0.717, 1.165) is 31.7 Å². The minimum absolute atomic E-state index is 0.322. The molecule has 19 heavy (non-hydrogen) atoms. The fraction of sp³-hybridized carbons (Fsp3) is 0.800. The van der Waals surface area contributed by atoms with Gasteiger partial charge in [0.25, 0.3) is 0 Å². The summed E-state index contributed by atoms with van der Waals surface area (Å²) < 4.78 is 2.28. The molecule has 0 bridgehead atoms. The van der Waals surface area contributed by atoms with Crippen molar-refractivity contribution in [2.45, 2.75) is 51.6 Å². The molecule has 3 rings (SSSR count). The lowest BCUT2D eigenvalue weighted by atomic mass is 9.92. The lowest BCUT2D eigenvalue weighted by molar-refractivity contribution is 0.191. The zero-order chi connectivity index (χ0) is 13.2. The Balaban J connectivity index is 1.59. The summed E-state index contributed by atoms with van der Waals surface area (Å²) in [4.78, 5) is 7.36. The average Bonchev–Trinajstić information content (AvgIpc) is 2.81. The highest BCUT2D eigenvalue weighted by Crippen LogP contribution is 2.22. The van der Waals surface area contributed by atoms with E-state index in [4.69, 9.17) is 10.7 Å². The predicted octanol–water partition coefficient (Wildman–Crippen LogP) is 1.43. The Bertz CT molecular complexity index is 418. The second-order valence-electron chi connectivity index (χ2n) is 6.18. The van der Waals surface area contributed by atoms with Gasteiger partial charge in [0.15, 0.2) is 0 Å². The SMILES string of the molecule is CCN1CCC(Cc2cn3c(n2)CCC(N)C3)CC1. The molecular formula is C15H26N4. The summed E-state index contributed by atoms with van der Waals surface area (Å²) in [5.41, 5.74) is 7.31. The maximum atomic E-state index is 6.02. The molecule has 2 aliphatic heterocycles. The van der Waals surface area contributed by atoms with Gasteiger partial charge in [-0.15, -0.1) is 0 Å². The van der Waals surface area contributed by atoms with E-state index in [9.17, 15) is 0 Å². The maximum Gasteiger partial charge on any atom is 0.109 e. The summed E-state index contributed by atoms with van der Waals surface area (Å²) in [5, 5.41) is 0. The number of aromatic nitrogens is 2. The molecule has 106 valence electrons. The van der Waals surface area contributed by atoms with Crippen LogP contribution in [0.1, 0.15) is 37.7 Å². The van der Waals surface area contributed by atoms with Crippen molar-refractivity contribution in [2.75, 3.05) is 19.6 Å². The number of piperidine rings is 1. The van der Waals surface area contributed by atoms with E-state index in [1.54, 1.807) is 0 Å². The molecule has 0 aromatic carbocycles. The van der Waals surface area contributed by atoms with Crippen molar-refractivity contribution < 1.29 is 0 Å². The first-order valence-corrected chi connectivity index (χ1v) is 7.77. The van der Waals surface area contributed by atoms with E-state index in [-0.39, 0.29) is 0 Å². The molecule has 1 aromatic rings. The first kappa shape index (κ1) is 13.1. The normalized spacial score (nSPS) is 25.5. The van der Waals surface area contributed by atoms with Crippen LogP contribution in [-0.4, -0.2) is 40.1 Å². The van der Waals surface area contributed by atoms with E-state index in [2.05, 4.69) is 22.6 Å². The Labute approximate surface area is 116 Å². The molecule has 4 nitrogen and oxygen atoms in total. The van der Waals surface area contributed by atoms with Gasteiger partial charge in [-0.3, -0.25) is 0 Å². The lowest BCUT2D eigenvalue weighted by Crippen LogP contribution is -2.34. The summed E-state index contributed by atoms with van der Waals surface area (Å²) >= 11 is 0. The standard InChI is InChI=1S/C15H26N4/c1-2-18-7-5-12(6-8-18)9-14-11-19-10-13(16)3-4-15(19)17-14/h11-13H,2-10,16H2,1H3. The molecule has 3 heterocycles. The molecule has 2 N–H and O–H groups in total.